The van der Waals surface area contributed by atoms with Gasteiger partial charge < -0.3 is 9.84 Å². The lowest BCUT2D eigenvalue weighted by molar-refractivity contribution is -0.139. The molecule has 1 unspecified atom stereocenters. The van der Waals surface area contributed by atoms with Crippen LogP contribution < -0.4 is 9.46 Å². The molecule has 6 nitrogen and oxygen atoms in total. The molecule has 0 heterocycles. The number of sulfonamides is 1. The number of carbonyl (C=O) groups is 1. The Balaban J connectivity index is 3.32. The maximum absolute atomic E-state index is 12.7. The zero-order valence-electron chi connectivity index (χ0n) is 10.9. The third kappa shape index (κ3) is 4.33. The summed E-state index contributed by atoms with van der Waals surface area (Å²) < 4.78 is 68.3. The van der Waals surface area contributed by atoms with Crippen molar-refractivity contribution in [2.45, 2.75) is 24.0 Å². The molecule has 0 fully saturated rings. The molecule has 0 bridgehead atoms. The van der Waals surface area contributed by atoms with Crippen molar-refractivity contribution >= 4 is 16.0 Å². The Morgan fingerprint density at radius 2 is 1.90 bits per heavy atom. The Morgan fingerprint density at radius 3 is 2.33 bits per heavy atom. The number of nitrogens with one attached hydrogen (secondary N) is 1. The van der Waals surface area contributed by atoms with Crippen molar-refractivity contribution < 1.29 is 36.2 Å². The number of hydrogen-bond acceptors (Lipinski definition) is 4. The summed E-state index contributed by atoms with van der Waals surface area (Å²) in [6, 6.07) is 0.418. The van der Waals surface area contributed by atoms with Gasteiger partial charge in [-0.25, -0.2) is 8.42 Å². The summed E-state index contributed by atoms with van der Waals surface area (Å²) in [5.41, 5.74) is -1.22. The predicted molar refractivity (Wildman–Crippen MR) is 65.4 cm³/mol. The molecule has 21 heavy (non-hydrogen) atoms. The molecule has 1 rings (SSSR count). The topological polar surface area (TPSA) is 92.7 Å². The Hall–Kier alpha value is -1.81. The first-order valence-electron chi connectivity index (χ1n) is 5.49. The molecule has 0 aliphatic rings. The van der Waals surface area contributed by atoms with Crippen LogP contribution in [0.25, 0.3) is 0 Å². The lowest BCUT2D eigenvalue weighted by Crippen LogP contribution is -2.38. The number of halogens is 3. The van der Waals surface area contributed by atoms with E-state index in [4.69, 9.17) is 5.11 Å². The minimum absolute atomic E-state index is 0.312. The van der Waals surface area contributed by atoms with Crippen LogP contribution in [0, 0.1) is 0 Å². The van der Waals surface area contributed by atoms with Gasteiger partial charge in [-0.15, -0.1) is 0 Å². The number of benzene rings is 1. The van der Waals surface area contributed by atoms with Gasteiger partial charge in [0.15, 0.2) is 0 Å². The standard InChI is InChI=1S/C11H12F3NO5S/c1-6(10(16)17)15-21(18,19)9-4-7(11(12,13)14)3-8(5-9)20-2/h3-6,15H,1-2H3,(H,16,17). The number of aliphatic carboxylic acids is 1. The van der Waals surface area contributed by atoms with Gasteiger partial charge >= 0.3 is 12.1 Å². The minimum atomic E-state index is -4.77. The monoisotopic (exact) mass is 327 g/mol. The van der Waals surface area contributed by atoms with Crippen LogP contribution in [0.2, 0.25) is 0 Å². The molecular formula is C11H12F3NO5S. The molecular weight excluding hydrogens is 315 g/mol. The van der Waals surface area contributed by atoms with Crippen molar-refractivity contribution in [2.75, 3.05) is 7.11 Å². The van der Waals surface area contributed by atoms with Crippen LogP contribution in [0.4, 0.5) is 13.2 Å². The second kappa shape index (κ2) is 5.90. The van der Waals surface area contributed by atoms with E-state index in [0.717, 1.165) is 20.1 Å². The molecule has 0 saturated carbocycles. The molecule has 0 saturated heterocycles. The van der Waals surface area contributed by atoms with Gasteiger partial charge in [0.1, 0.15) is 11.8 Å². The van der Waals surface area contributed by atoms with Crippen LogP contribution in [-0.2, 0) is 21.0 Å². The average Bonchev–Trinajstić information content (AvgIpc) is 2.36. The van der Waals surface area contributed by atoms with Crippen LogP contribution in [0.15, 0.2) is 23.1 Å². The van der Waals surface area contributed by atoms with Crippen molar-refractivity contribution in [3.8, 4) is 5.75 Å². The third-order valence-corrected chi connectivity index (χ3v) is 3.98. The normalized spacial score (nSPS) is 13.8. The Labute approximate surface area is 118 Å². The number of alkyl halides is 3. The van der Waals surface area contributed by atoms with Crippen LogP contribution in [0.3, 0.4) is 0 Å². The smallest absolute Gasteiger partial charge is 0.416 e. The largest absolute Gasteiger partial charge is 0.497 e. The molecule has 1 aromatic carbocycles. The summed E-state index contributed by atoms with van der Waals surface area (Å²) in [6.45, 7) is 1.05. The van der Waals surface area contributed by atoms with Crippen LogP contribution in [-0.4, -0.2) is 32.6 Å². The van der Waals surface area contributed by atoms with E-state index in [0.29, 0.717) is 12.1 Å². The maximum Gasteiger partial charge on any atom is 0.416 e. The van der Waals surface area contributed by atoms with Crippen molar-refractivity contribution in [1.82, 2.24) is 4.72 Å². The second-order valence-corrected chi connectivity index (χ2v) is 5.79. The van der Waals surface area contributed by atoms with Crippen molar-refractivity contribution in [1.29, 1.82) is 0 Å². The van der Waals surface area contributed by atoms with Gasteiger partial charge in [0.05, 0.1) is 17.6 Å². The molecule has 0 aliphatic heterocycles. The van der Waals surface area contributed by atoms with Crippen LogP contribution >= 0.6 is 0 Å². The highest BCUT2D eigenvalue weighted by atomic mass is 32.2. The highest BCUT2D eigenvalue weighted by Crippen LogP contribution is 2.33. The summed E-state index contributed by atoms with van der Waals surface area (Å²) in [7, 11) is -3.35. The lowest BCUT2D eigenvalue weighted by Gasteiger charge is -2.14. The summed E-state index contributed by atoms with van der Waals surface area (Å²) in [4.78, 5) is 9.89. The average molecular weight is 327 g/mol. The highest BCUT2D eigenvalue weighted by Gasteiger charge is 2.33. The van der Waals surface area contributed by atoms with Gasteiger partial charge in [0, 0.05) is 6.07 Å². The van der Waals surface area contributed by atoms with E-state index in [-0.39, 0.29) is 5.75 Å². The predicted octanol–water partition coefficient (Wildman–Crippen LogP) is 1.47. The SMILES string of the molecule is COc1cc(C(F)(F)F)cc(S(=O)(=O)NC(C)C(=O)O)c1. The van der Waals surface area contributed by atoms with Gasteiger partial charge in [-0.2, -0.15) is 17.9 Å². The van der Waals surface area contributed by atoms with Gasteiger partial charge in [0.2, 0.25) is 10.0 Å². The minimum Gasteiger partial charge on any atom is -0.497 e. The van der Waals surface area contributed by atoms with Gasteiger partial charge in [0.25, 0.3) is 0 Å². The van der Waals surface area contributed by atoms with E-state index in [2.05, 4.69) is 4.74 Å². The maximum atomic E-state index is 12.7. The molecule has 0 radical (unpaired) electrons. The molecule has 10 heteroatoms. The van der Waals surface area contributed by atoms with Gasteiger partial charge in [-0.1, -0.05) is 0 Å². The number of hydrogen-bond donors (Lipinski definition) is 2. The Kier molecular flexibility index (Phi) is 4.84. The Morgan fingerprint density at radius 1 is 1.33 bits per heavy atom. The molecule has 0 spiro atoms. The number of carboxylic acid groups (broad SMARTS) is 1. The first-order chi connectivity index (χ1) is 9.47. The fourth-order valence-electron chi connectivity index (χ4n) is 1.36. The number of ether oxygens (including phenoxy) is 1. The Bertz CT molecular complexity index is 642. The van der Waals surface area contributed by atoms with E-state index >= 15 is 0 Å². The fraction of sp³-hybridized carbons (Fsp3) is 0.364. The molecule has 0 amide bonds. The number of methoxy groups -OCH3 is 1. The molecule has 118 valence electrons. The van der Waals surface area contributed by atoms with Gasteiger partial charge in [-0.3, -0.25) is 4.79 Å². The zero-order valence-corrected chi connectivity index (χ0v) is 11.7. The van der Waals surface area contributed by atoms with Crippen LogP contribution in [0.5, 0.6) is 5.75 Å². The number of rotatable bonds is 5. The van der Waals surface area contributed by atoms with Crippen molar-refractivity contribution in [3.63, 3.8) is 0 Å². The molecule has 0 aromatic heterocycles. The van der Waals surface area contributed by atoms with E-state index in [9.17, 15) is 26.4 Å². The third-order valence-electron chi connectivity index (χ3n) is 2.46. The van der Waals surface area contributed by atoms with E-state index in [1.54, 1.807) is 4.72 Å². The van der Waals surface area contributed by atoms with Crippen LogP contribution in [0.1, 0.15) is 12.5 Å². The fourth-order valence-corrected chi connectivity index (χ4v) is 2.62. The summed E-state index contributed by atoms with van der Waals surface area (Å²) in [6.07, 6.45) is -4.77. The first kappa shape index (κ1) is 17.2. The first-order valence-corrected chi connectivity index (χ1v) is 6.97. The lowest BCUT2D eigenvalue weighted by atomic mass is 10.2. The zero-order chi connectivity index (χ0) is 16.4. The van der Waals surface area contributed by atoms with E-state index < -0.39 is 38.7 Å². The molecule has 1 aromatic rings. The molecule has 0 aliphatic carbocycles. The summed E-state index contributed by atoms with van der Waals surface area (Å²) in [5.74, 6) is -1.77. The second-order valence-electron chi connectivity index (χ2n) is 4.08. The molecule has 1 atom stereocenters. The van der Waals surface area contributed by atoms with E-state index in [1.165, 1.54) is 0 Å². The summed E-state index contributed by atoms with van der Waals surface area (Å²) in [5, 5.41) is 8.65. The van der Waals surface area contributed by atoms with E-state index in [1.807, 2.05) is 0 Å². The molecule has 2 N–H and O–H groups in total. The number of carboxylic acids is 1. The van der Waals surface area contributed by atoms with Crippen molar-refractivity contribution in [2.24, 2.45) is 0 Å². The summed E-state index contributed by atoms with van der Waals surface area (Å²) >= 11 is 0. The van der Waals surface area contributed by atoms with Crippen molar-refractivity contribution in [3.05, 3.63) is 23.8 Å². The quantitative estimate of drug-likeness (QED) is 0.854. The highest BCUT2D eigenvalue weighted by molar-refractivity contribution is 7.89. The van der Waals surface area contributed by atoms with Gasteiger partial charge in [-0.05, 0) is 19.1 Å².